The summed E-state index contributed by atoms with van der Waals surface area (Å²) < 4.78 is 7.77. The van der Waals surface area contributed by atoms with Crippen LogP contribution in [0.25, 0.3) is 16.3 Å². The van der Waals surface area contributed by atoms with Crippen molar-refractivity contribution in [1.82, 2.24) is 25.0 Å². The van der Waals surface area contributed by atoms with Crippen LogP contribution in [-0.4, -0.2) is 30.9 Å². The van der Waals surface area contributed by atoms with Crippen molar-refractivity contribution in [3.05, 3.63) is 96.4 Å². The standard InChI is InChI=1S/C24H18N6O2S/c1-16-20(21(31)26-24-28-27-22(33-24)17-12-14-25-15-13-17)23(32-19-10-6-3-7-11-19)30(29-16)18-8-4-2-5-9-18/h2-15H,1H3,(H,26,28,31). The maximum atomic E-state index is 13.3. The van der Waals surface area contributed by atoms with Crippen LogP contribution in [0, 0.1) is 6.92 Å². The fraction of sp³-hybridized carbons (Fsp3) is 0.0417. The van der Waals surface area contributed by atoms with Gasteiger partial charge >= 0.3 is 0 Å². The van der Waals surface area contributed by atoms with Crippen LogP contribution in [0.5, 0.6) is 11.6 Å². The Morgan fingerprint density at radius 1 is 0.939 bits per heavy atom. The quantitative estimate of drug-likeness (QED) is 0.382. The van der Waals surface area contributed by atoms with Crippen LogP contribution in [0.4, 0.5) is 5.13 Å². The van der Waals surface area contributed by atoms with Gasteiger partial charge in [0.05, 0.1) is 11.4 Å². The highest BCUT2D eigenvalue weighted by Crippen LogP contribution is 2.32. The fourth-order valence-electron chi connectivity index (χ4n) is 3.25. The molecule has 9 heteroatoms. The molecular weight excluding hydrogens is 436 g/mol. The van der Waals surface area contributed by atoms with Crippen molar-refractivity contribution in [1.29, 1.82) is 0 Å². The Bertz CT molecular complexity index is 1380. The molecule has 3 aromatic heterocycles. The number of aromatic nitrogens is 5. The molecule has 1 N–H and O–H groups in total. The van der Waals surface area contributed by atoms with Crippen molar-refractivity contribution in [3.63, 3.8) is 0 Å². The summed E-state index contributed by atoms with van der Waals surface area (Å²) in [4.78, 5) is 17.3. The maximum Gasteiger partial charge on any atom is 0.264 e. The van der Waals surface area contributed by atoms with Crippen molar-refractivity contribution in [2.24, 2.45) is 0 Å². The number of rotatable bonds is 6. The van der Waals surface area contributed by atoms with Gasteiger partial charge in [0.25, 0.3) is 5.91 Å². The molecule has 0 aliphatic carbocycles. The number of ether oxygens (including phenoxy) is 1. The average Bonchev–Trinajstić information content (AvgIpc) is 3.45. The Hall–Kier alpha value is -4.37. The van der Waals surface area contributed by atoms with Gasteiger partial charge in [-0.3, -0.25) is 15.1 Å². The Morgan fingerprint density at radius 3 is 2.36 bits per heavy atom. The van der Waals surface area contributed by atoms with Gasteiger partial charge in [0, 0.05) is 18.0 Å². The number of nitrogens with one attached hydrogen (secondary N) is 1. The van der Waals surface area contributed by atoms with Crippen LogP contribution in [0.1, 0.15) is 16.1 Å². The summed E-state index contributed by atoms with van der Waals surface area (Å²) in [5, 5.41) is 16.8. The Kier molecular flexibility index (Phi) is 5.61. The van der Waals surface area contributed by atoms with Gasteiger partial charge in [-0.2, -0.15) is 9.78 Å². The topological polar surface area (TPSA) is 94.8 Å². The van der Waals surface area contributed by atoms with Gasteiger partial charge in [-0.15, -0.1) is 10.2 Å². The van der Waals surface area contributed by atoms with Crippen LogP contribution in [0.15, 0.2) is 85.2 Å². The molecule has 0 fully saturated rings. The molecule has 0 saturated heterocycles. The molecule has 0 atom stereocenters. The van der Waals surface area contributed by atoms with E-state index in [0.717, 1.165) is 11.3 Å². The molecule has 0 unspecified atom stereocenters. The van der Waals surface area contributed by atoms with Crippen molar-refractivity contribution in [2.45, 2.75) is 6.92 Å². The molecule has 0 aliphatic heterocycles. The average molecular weight is 455 g/mol. The lowest BCUT2D eigenvalue weighted by atomic mass is 10.2. The number of carbonyl (C=O) groups is 1. The Morgan fingerprint density at radius 2 is 1.64 bits per heavy atom. The van der Waals surface area contributed by atoms with E-state index in [1.165, 1.54) is 11.3 Å². The third-order valence-electron chi connectivity index (χ3n) is 4.78. The van der Waals surface area contributed by atoms with Gasteiger partial charge in [0.2, 0.25) is 11.0 Å². The summed E-state index contributed by atoms with van der Waals surface area (Å²) in [5.74, 6) is 0.541. The molecule has 0 bridgehead atoms. The second-order valence-corrected chi connectivity index (χ2v) is 8.01. The highest BCUT2D eigenvalue weighted by Gasteiger charge is 2.25. The molecule has 0 aliphatic rings. The number of nitrogens with zero attached hydrogens (tertiary/aromatic N) is 5. The minimum absolute atomic E-state index is 0.321. The van der Waals surface area contributed by atoms with Gasteiger partial charge in [0.1, 0.15) is 16.3 Å². The number of amides is 1. The first-order valence-electron chi connectivity index (χ1n) is 10.1. The number of carbonyl (C=O) groups excluding carboxylic acids is 1. The third-order valence-corrected chi connectivity index (χ3v) is 5.66. The lowest BCUT2D eigenvalue weighted by Crippen LogP contribution is -2.13. The monoisotopic (exact) mass is 454 g/mol. The highest BCUT2D eigenvalue weighted by atomic mass is 32.1. The van der Waals surface area contributed by atoms with E-state index in [4.69, 9.17) is 4.74 Å². The zero-order chi connectivity index (χ0) is 22.6. The summed E-state index contributed by atoms with van der Waals surface area (Å²) in [5.41, 5.74) is 2.51. The first-order chi connectivity index (χ1) is 16.2. The molecule has 3 heterocycles. The number of para-hydroxylation sites is 2. The number of hydrogen-bond acceptors (Lipinski definition) is 7. The van der Waals surface area contributed by atoms with Crippen LogP contribution in [0.2, 0.25) is 0 Å². The molecule has 1 amide bonds. The summed E-state index contributed by atoms with van der Waals surface area (Å²) in [6, 6.07) is 22.5. The molecule has 8 nitrogen and oxygen atoms in total. The van der Waals surface area contributed by atoms with E-state index in [1.54, 1.807) is 24.0 Å². The minimum Gasteiger partial charge on any atom is -0.438 e. The molecular formula is C24H18N6O2S. The SMILES string of the molecule is Cc1nn(-c2ccccc2)c(Oc2ccccc2)c1C(=O)Nc1nnc(-c2ccncc2)s1. The maximum absolute atomic E-state index is 13.3. The van der Waals surface area contributed by atoms with Crippen molar-refractivity contribution < 1.29 is 9.53 Å². The molecule has 0 radical (unpaired) electrons. The van der Waals surface area contributed by atoms with E-state index in [9.17, 15) is 4.79 Å². The second kappa shape index (κ2) is 9.01. The summed E-state index contributed by atoms with van der Waals surface area (Å²) in [6.45, 7) is 1.77. The first-order valence-corrected chi connectivity index (χ1v) is 10.9. The summed E-state index contributed by atoms with van der Waals surface area (Å²) in [6.07, 6.45) is 3.37. The lowest BCUT2D eigenvalue weighted by Gasteiger charge is -2.11. The normalized spacial score (nSPS) is 10.7. The van der Waals surface area contributed by atoms with Gasteiger partial charge in [-0.05, 0) is 43.3 Å². The molecule has 0 spiro atoms. The fourth-order valence-corrected chi connectivity index (χ4v) is 3.99. The van der Waals surface area contributed by atoms with Crippen molar-refractivity contribution in [2.75, 3.05) is 5.32 Å². The van der Waals surface area contributed by atoms with Crippen LogP contribution < -0.4 is 10.1 Å². The Balaban J connectivity index is 1.50. The van der Waals surface area contributed by atoms with Crippen LogP contribution >= 0.6 is 11.3 Å². The summed E-state index contributed by atoms with van der Waals surface area (Å²) in [7, 11) is 0. The minimum atomic E-state index is -0.377. The molecule has 0 saturated carbocycles. The van der Waals surface area contributed by atoms with E-state index >= 15 is 0 Å². The van der Waals surface area contributed by atoms with Gasteiger partial charge in [0.15, 0.2) is 0 Å². The van der Waals surface area contributed by atoms with Gasteiger partial charge in [-0.1, -0.05) is 47.7 Å². The zero-order valence-corrected chi connectivity index (χ0v) is 18.4. The number of benzene rings is 2. The van der Waals surface area contributed by atoms with Crippen molar-refractivity contribution >= 4 is 22.4 Å². The zero-order valence-electron chi connectivity index (χ0n) is 17.5. The van der Waals surface area contributed by atoms with Gasteiger partial charge in [-0.25, -0.2) is 0 Å². The number of hydrogen-bond donors (Lipinski definition) is 1. The molecule has 33 heavy (non-hydrogen) atoms. The molecule has 162 valence electrons. The van der Waals surface area contributed by atoms with Crippen LogP contribution in [0.3, 0.4) is 0 Å². The predicted molar refractivity (Wildman–Crippen MR) is 126 cm³/mol. The van der Waals surface area contributed by atoms with E-state index in [-0.39, 0.29) is 5.91 Å². The molecule has 2 aromatic carbocycles. The lowest BCUT2D eigenvalue weighted by molar-refractivity contribution is 0.102. The largest absolute Gasteiger partial charge is 0.438 e. The highest BCUT2D eigenvalue weighted by molar-refractivity contribution is 7.18. The molecule has 5 aromatic rings. The van der Waals surface area contributed by atoms with E-state index in [1.807, 2.05) is 72.8 Å². The Labute approximate surface area is 193 Å². The summed E-state index contributed by atoms with van der Waals surface area (Å²) >= 11 is 1.28. The molecule has 5 rings (SSSR count). The number of anilines is 1. The van der Waals surface area contributed by atoms with Crippen LogP contribution in [-0.2, 0) is 0 Å². The van der Waals surface area contributed by atoms with E-state index in [2.05, 4.69) is 25.6 Å². The number of pyridine rings is 1. The van der Waals surface area contributed by atoms with E-state index < -0.39 is 0 Å². The van der Waals surface area contributed by atoms with Gasteiger partial charge < -0.3 is 4.74 Å². The van der Waals surface area contributed by atoms with Crippen molar-refractivity contribution in [3.8, 4) is 27.9 Å². The second-order valence-electron chi connectivity index (χ2n) is 7.03. The third kappa shape index (κ3) is 4.35. The van der Waals surface area contributed by atoms with E-state index in [0.29, 0.717) is 33.0 Å². The smallest absolute Gasteiger partial charge is 0.264 e. The number of aryl methyl sites for hydroxylation is 1. The first kappa shape index (κ1) is 20.5. The predicted octanol–water partition coefficient (Wildman–Crippen LogP) is 5.14.